The van der Waals surface area contributed by atoms with Gasteiger partial charge in [0.1, 0.15) is 17.6 Å². The summed E-state index contributed by atoms with van der Waals surface area (Å²) in [7, 11) is 1.60. The first kappa shape index (κ1) is 16.8. The Bertz CT molecular complexity index is 350. The van der Waals surface area contributed by atoms with Crippen molar-refractivity contribution in [3.63, 3.8) is 0 Å². The number of ether oxygens (including phenoxy) is 2. The molecule has 1 unspecified atom stereocenters. The van der Waals surface area contributed by atoms with Gasteiger partial charge in [-0.05, 0) is 46.1 Å². The lowest BCUT2D eigenvalue weighted by atomic mass is 10.1. The van der Waals surface area contributed by atoms with Crippen LogP contribution in [0.25, 0.3) is 0 Å². The number of carbonyl (C=O) groups is 1. The Kier molecular flexibility index (Phi) is 6.29. The number of unbranched alkanes of at least 4 members (excludes halogenated alkanes) is 1. The predicted octanol–water partition coefficient (Wildman–Crippen LogP) is 1.50. The van der Waals surface area contributed by atoms with Crippen LogP contribution in [-0.2, 0) is 9.47 Å². The zero-order valence-corrected chi connectivity index (χ0v) is 12.7. The highest BCUT2D eigenvalue weighted by Crippen LogP contribution is 2.17. The van der Waals surface area contributed by atoms with Gasteiger partial charge < -0.3 is 19.9 Å². The Morgan fingerprint density at radius 2 is 2.15 bits per heavy atom. The van der Waals surface area contributed by atoms with Crippen molar-refractivity contribution in [3.8, 4) is 0 Å². The Hall–Kier alpha value is -1.27. The highest BCUT2D eigenvalue weighted by Gasteiger charge is 2.24. The molecule has 0 aromatic carbocycles. The number of nitrogens with one attached hydrogen (secondary N) is 2. The molecule has 3 N–H and O–H groups in total. The summed E-state index contributed by atoms with van der Waals surface area (Å²) in [6, 6.07) is 0.0523. The topological polar surface area (TPSA) is 79.8 Å². The molecule has 1 aliphatic heterocycles. The molecule has 6 nitrogen and oxygen atoms in total. The van der Waals surface area contributed by atoms with Gasteiger partial charge in [-0.2, -0.15) is 0 Å². The number of amides is 1. The number of carbonyl (C=O) groups excluding carboxylic acids is 1. The van der Waals surface area contributed by atoms with E-state index in [-0.39, 0.29) is 12.1 Å². The number of hydrogen-bond donors (Lipinski definition) is 3. The second-order valence-electron chi connectivity index (χ2n) is 5.86. The normalized spacial score (nSPS) is 22.4. The first-order valence-electron chi connectivity index (χ1n) is 6.98. The summed E-state index contributed by atoms with van der Waals surface area (Å²) in [6.07, 6.45) is 3.28. The summed E-state index contributed by atoms with van der Waals surface area (Å²) < 4.78 is 10.3. The fourth-order valence-corrected chi connectivity index (χ4v) is 2.02. The molecule has 0 aromatic rings. The maximum atomic E-state index is 11.4. The van der Waals surface area contributed by atoms with Crippen LogP contribution in [-0.4, -0.2) is 42.7 Å². The second-order valence-corrected chi connectivity index (χ2v) is 5.86. The minimum Gasteiger partial charge on any atom is -0.500 e. The Balaban J connectivity index is 2.11. The van der Waals surface area contributed by atoms with E-state index >= 15 is 0 Å². The number of hydrogen-bond acceptors (Lipinski definition) is 5. The van der Waals surface area contributed by atoms with Gasteiger partial charge in [-0.3, -0.25) is 5.32 Å². The minimum absolute atomic E-state index is 0.0523. The molecule has 2 atom stereocenters. The van der Waals surface area contributed by atoms with Crippen LogP contribution in [0, 0.1) is 0 Å². The van der Waals surface area contributed by atoms with Gasteiger partial charge in [-0.1, -0.05) is 0 Å². The van der Waals surface area contributed by atoms with E-state index in [1.165, 1.54) is 0 Å². The summed E-state index contributed by atoms with van der Waals surface area (Å²) in [4.78, 5) is 11.4. The highest BCUT2D eigenvalue weighted by atomic mass is 16.6. The third-order valence-electron chi connectivity index (χ3n) is 2.86. The molecule has 6 heteroatoms. The Labute approximate surface area is 120 Å². The molecule has 0 saturated carbocycles. The van der Waals surface area contributed by atoms with Crippen LogP contribution < -0.4 is 10.6 Å². The zero-order valence-electron chi connectivity index (χ0n) is 12.7. The average Bonchev–Trinajstić information content (AvgIpc) is 2.67. The van der Waals surface area contributed by atoms with E-state index in [0.717, 1.165) is 25.0 Å². The van der Waals surface area contributed by atoms with Crippen molar-refractivity contribution >= 4 is 6.09 Å². The van der Waals surface area contributed by atoms with Gasteiger partial charge in [0.2, 0.25) is 0 Å². The van der Waals surface area contributed by atoms with Crippen LogP contribution in [0.15, 0.2) is 11.8 Å². The number of alkyl carbamates (subject to hydrolysis) is 1. The predicted molar refractivity (Wildman–Crippen MR) is 76.1 cm³/mol. The largest absolute Gasteiger partial charge is 0.500 e. The van der Waals surface area contributed by atoms with Crippen LogP contribution in [0.3, 0.4) is 0 Å². The molecule has 1 rings (SSSR count). The fraction of sp³-hybridized carbons (Fsp3) is 0.786. The van der Waals surface area contributed by atoms with Gasteiger partial charge in [0.05, 0.1) is 13.2 Å². The summed E-state index contributed by atoms with van der Waals surface area (Å²) >= 11 is 0. The van der Waals surface area contributed by atoms with Crippen molar-refractivity contribution in [2.24, 2.45) is 0 Å². The van der Waals surface area contributed by atoms with Crippen LogP contribution in [0.4, 0.5) is 4.79 Å². The van der Waals surface area contributed by atoms with E-state index in [9.17, 15) is 9.90 Å². The molecule has 1 aliphatic rings. The lowest BCUT2D eigenvalue weighted by molar-refractivity contribution is 0.0527. The van der Waals surface area contributed by atoms with Gasteiger partial charge in [-0.15, -0.1) is 0 Å². The third-order valence-corrected chi connectivity index (χ3v) is 2.86. The summed E-state index contributed by atoms with van der Waals surface area (Å²) in [5.74, 6) is 0.776. The van der Waals surface area contributed by atoms with Crippen LogP contribution >= 0.6 is 0 Å². The molecular weight excluding hydrogens is 260 g/mol. The van der Waals surface area contributed by atoms with E-state index in [1.807, 2.05) is 20.8 Å². The van der Waals surface area contributed by atoms with Gasteiger partial charge >= 0.3 is 6.09 Å². The average molecular weight is 286 g/mol. The van der Waals surface area contributed by atoms with Crippen molar-refractivity contribution in [1.29, 1.82) is 0 Å². The smallest absolute Gasteiger partial charge is 0.407 e. The maximum absolute atomic E-state index is 11.4. The number of aliphatic hydroxyl groups is 1. The van der Waals surface area contributed by atoms with E-state index in [0.29, 0.717) is 6.54 Å². The van der Waals surface area contributed by atoms with Crippen LogP contribution in [0.5, 0.6) is 0 Å². The molecule has 0 aromatic heterocycles. The van der Waals surface area contributed by atoms with E-state index in [1.54, 1.807) is 13.2 Å². The highest BCUT2D eigenvalue weighted by molar-refractivity contribution is 5.67. The SMILES string of the molecule is COC1=CC(O)N[C@@H]1CCCCNC(=O)OC(C)(C)C. The first-order chi connectivity index (χ1) is 9.31. The lowest BCUT2D eigenvalue weighted by Crippen LogP contribution is -2.33. The lowest BCUT2D eigenvalue weighted by Gasteiger charge is -2.19. The molecule has 20 heavy (non-hydrogen) atoms. The molecule has 116 valence electrons. The van der Waals surface area contributed by atoms with Crippen LogP contribution in [0.2, 0.25) is 0 Å². The molecule has 0 saturated heterocycles. The van der Waals surface area contributed by atoms with Crippen molar-refractivity contribution in [2.75, 3.05) is 13.7 Å². The minimum atomic E-state index is -0.630. The molecule has 1 amide bonds. The standard InChI is InChI=1S/C14H26N2O4/c1-14(2,3)20-13(18)15-8-6-5-7-10-11(19-4)9-12(17)16-10/h9-10,12,16-17H,5-8H2,1-4H3,(H,15,18)/t10-,12?/m1/s1. The maximum Gasteiger partial charge on any atom is 0.407 e. The van der Waals surface area contributed by atoms with Crippen molar-refractivity contribution < 1.29 is 19.4 Å². The van der Waals surface area contributed by atoms with Gasteiger partial charge in [0.15, 0.2) is 0 Å². The number of methoxy groups -OCH3 is 1. The van der Waals surface area contributed by atoms with E-state index in [4.69, 9.17) is 9.47 Å². The monoisotopic (exact) mass is 286 g/mol. The molecule has 0 fully saturated rings. The summed E-state index contributed by atoms with van der Waals surface area (Å²) in [5.41, 5.74) is -0.466. The molecule has 0 aliphatic carbocycles. The van der Waals surface area contributed by atoms with E-state index in [2.05, 4.69) is 10.6 Å². The van der Waals surface area contributed by atoms with Crippen LogP contribution in [0.1, 0.15) is 40.0 Å². The quantitative estimate of drug-likeness (QED) is 0.645. The Morgan fingerprint density at radius 1 is 1.45 bits per heavy atom. The molecule has 1 heterocycles. The first-order valence-corrected chi connectivity index (χ1v) is 6.98. The third kappa shape index (κ3) is 6.25. The van der Waals surface area contributed by atoms with Gasteiger partial charge in [-0.25, -0.2) is 4.79 Å². The molecule has 0 bridgehead atoms. The van der Waals surface area contributed by atoms with Crippen molar-refractivity contribution in [3.05, 3.63) is 11.8 Å². The van der Waals surface area contributed by atoms with Gasteiger partial charge in [0.25, 0.3) is 0 Å². The van der Waals surface area contributed by atoms with Crippen molar-refractivity contribution in [2.45, 2.75) is 57.9 Å². The number of aliphatic hydroxyl groups excluding tert-OH is 1. The summed E-state index contributed by atoms with van der Waals surface area (Å²) in [6.45, 7) is 6.09. The summed E-state index contributed by atoms with van der Waals surface area (Å²) in [5, 5.41) is 15.2. The molecule has 0 radical (unpaired) electrons. The van der Waals surface area contributed by atoms with Crippen molar-refractivity contribution in [1.82, 2.24) is 10.6 Å². The molecule has 0 spiro atoms. The van der Waals surface area contributed by atoms with E-state index < -0.39 is 11.8 Å². The zero-order chi connectivity index (χ0) is 15.2. The van der Waals surface area contributed by atoms with Gasteiger partial charge in [0, 0.05) is 6.54 Å². The second kappa shape index (κ2) is 7.50. The molecular formula is C14H26N2O4. The fourth-order valence-electron chi connectivity index (χ4n) is 2.02. The number of rotatable bonds is 6. The Morgan fingerprint density at radius 3 is 2.75 bits per heavy atom.